The third-order valence-corrected chi connectivity index (χ3v) is 2.48. The van der Waals surface area contributed by atoms with Crippen LogP contribution in [0.5, 0.6) is 5.88 Å². The molecule has 0 radical (unpaired) electrons. The Labute approximate surface area is 107 Å². The quantitative estimate of drug-likeness (QED) is 0.877. The van der Waals surface area contributed by atoms with Crippen molar-refractivity contribution >= 4 is 5.95 Å². The van der Waals surface area contributed by atoms with Crippen LogP contribution in [0.25, 0.3) is 0 Å². The van der Waals surface area contributed by atoms with Gasteiger partial charge in [0.1, 0.15) is 6.61 Å². The molecule has 0 saturated carbocycles. The Balaban J connectivity index is 2.06. The summed E-state index contributed by atoms with van der Waals surface area (Å²) < 4.78 is 5.72. The predicted octanol–water partition coefficient (Wildman–Crippen LogP) is 2.80. The smallest absolute Gasteiger partial charge is 0.225 e. The summed E-state index contributed by atoms with van der Waals surface area (Å²) in [4.78, 5) is 8.51. The largest absolute Gasteiger partial charge is 0.472 e. The molecule has 4 nitrogen and oxygen atoms in total. The highest BCUT2D eigenvalue weighted by Crippen LogP contribution is 2.16. The van der Waals surface area contributed by atoms with Gasteiger partial charge >= 0.3 is 0 Å². The maximum absolute atomic E-state index is 5.72. The average molecular weight is 243 g/mol. The van der Waals surface area contributed by atoms with Crippen molar-refractivity contribution in [2.75, 3.05) is 11.9 Å². The van der Waals surface area contributed by atoms with Gasteiger partial charge in [0.15, 0.2) is 0 Å². The maximum Gasteiger partial charge on any atom is 0.225 e. The molecule has 1 N–H and O–H groups in total. The number of hydrogen-bond donors (Lipinski definition) is 1. The second-order valence-electron chi connectivity index (χ2n) is 3.99. The van der Waals surface area contributed by atoms with Gasteiger partial charge in [0.2, 0.25) is 11.8 Å². The summed E-state index contributed by atoms with van der Waals surface area (Å²) in [5.41, 5.74) is 2.06. The Hall–Kier alpha value is -2.10. The molecule has 0 aliphatic heterocycles. The zero-order valence-electron chi connectivity index (χ0n) is 10.7. The predicted molar refractivity (Wildman–Crippen MR) is 71.7 cm³/mol. The number of nitrogens with zero attached hydrogens (tertiary/aromatic N) is 2. The van der Waals surface area contributed by atoms with Crippen LogP contribution in [0.2, 0.25) is 0 Å². The molecule has 18 heavy (non-hydrogen) atoms. The topological polar surface area (TPSA) is 47.0 Å². The standard InChI is InChI=1S/C14H17N3O/c1-3-15-14-16-9-11(2)13(17-14)18-10-12-7-5-4-6-8-12/h4-9H,3,10H2,1-2H3,(H,15,16,17). The van der Waals surface area contributed by atoms with Crippen molar-refractivity contribution in [1.82, 2.24) is 9.97 Å². The van der Waals surface area contributed by atoms with Crippen molar-refractivity contribution in [2.45, 2.75) is 20.5 Å². The summed E-state index contributed by atoms with van der Waals surface area (Å²) in [6, 6.07) is 10.0. The second kappa shape index (κ2) is 6.00. The van der Waals surface area contributed by atoms with E-state index in [1.165, 1.54) is 0 Å². The van der Waals surface area contributed by atoms with E-state index in [0.717, 1.165) is 17.7 Å². The Morgan fingerprint density at radius 2 is 2.00 bits per heavy atom. The molecule has 0 fully saturated rings. The number of nitrogens with one attached hydrogen (secondary N) is 1. The Morgan fingerprint density at radius 1 is 1.22 bits per heavy atom. The summed E-state index contributed by atoms with van der Waals surface area (Å²) >= 11 is 0. The molecule has 0 bridgehead atoms. The van der Waals surface area contributed by atoms with Crippen molar-refractivity contribution in [3.8, 4) is 5.88 Å². The first-order chi connectivity index (χ1) is 8.79. The van der Waals surface area contributed by atoms with E-state index in [2.05, 4.69) is 15.3 Å². The molecule has 0 aliphatic rings. The first kappa shape index (κ1) is 12.4. The van der Waals surface area contributed by atoms with Gasteiger partial charge in [-0.2, -0.15) is 4.98 Å². The summed E-state index contributed by atoms with van der Waals surface area (Å²) in [6.07, 6.45) is 1.77. The van der Waals surface area contributed by atoms with Crippen molar-refractivity contribution in [3.05, 3.63) is 47.7 Å². The van der Waals surface area contributed by atoms with Crippen LogP contribution < -0.4 is 10.1 Å². The minimum atomic E-state index is 0.518. The highest BCUT2D eigenvalue weighted by atomic mass is 16.5. The molecule has 0 unspecified atom stereocenters. The van der Waals surface area contributed by atoms with Gasteiger partial charge in [-0.15, -0.1) is 0 Å². The lowest BCUT2D eigenvalue weighted by atomic mass is 10.2. The molecule has 0 spiro atoms. The molecule has 0 atom stereocenters. The Kier molecular flexibility index (Phi) is 4.12. The van der Waals surface area contributed by atoms with Gasteiger partial charge in [0, 0.05) is 18.3 Å². The van der Waals surface area contributed by atoms with Crippen molar-refractivity contribution in [3.63, 3.8) is 0 Å². The van der Waals surface area contributed by atoms with Crippen LogP contribution in [-0.4, -0.2) is 16.5 Å². The van der Waals surface area contributed by atoms with E-state index in [4.69, 9.17) is 4.74 Å². The van der Waals surface area contributed by atoms with Crippen molar-refractivity contribution in [1.29, 1.82) is 0 Å². The van der Waals surface area contributed by atoms with Gasteiger partial charge in [0.05, 0.1) is 0 Å². The number of anilines is 1. The molecule has 0 aliphatic carbocycles. The van der Waals surface area contributed by atoms with E-state index >= 15 is 0 Å². The van der Waals surface area contributed by atoms with Gasteiger partial charge in [-0.25, -0.2) is 4.98 Å². The Morgan fingerprint density at radius 3 is 2.72 bits per heavy atom. The number of rotatable bonds is 5. The molecule has 1 aromatic heterocycles. The van der Waals surface area contributed by atoms with Crippen LogP contribution in [0.15, 0.2) is 36.5 Å². The fourth-order valence-corrected chi connectivity index (χ4v) is 1.54. The van der Waals surface area contributed by atoms with Crippen molar-refractivity contribution < 1.29 is 4.74 Å². The highest BCUT2D eigenvalue weighted by molar-refractivity contribution is 5.32. The number of ether oxygens (including phenoxy) is 1. The molecule has 0 saturated heterocycles. The van der Waals surface area contributed by atoms with E-state index in [-0.39, 0.29) is 0 Å². The van der Waals surface area contributed by atoms with Crippen LogP contribution in [0.4, 0.5) is 5.95 Å². The molecule has 0 amide bonds. The van der Waals surface area contributed by atoms with Gasteiger partial charge in [-0.05, 0) is 19.4 Å². The monoisotopic (exact) mass is 243 g/mol. The van der Waals surface area contributed by atoms with Crippen molar-refractivity contribution in [2.24, 2.45) is 0 Å². The van der Waals surface area contributed by atoms with Crippen LogP contribution in [0.3, 0.4) is 0 Å². The number of benzene rings is 1. The maximum atomic E-state index is 5.72. The summed E-state index contributed by atoms with van der Waals surface area (Å²) in [6.45, 7) is 5.26. The SMILES string of the molecule is CCNc1ncc(C)c(OCc2ccccc2)n1. The second-order valence-corrected chi connectivity index (χ2v) is 3.99. The molecule has 94 valence electrons. The lowest BCUT2D eigenvalue weighted by Crippen LogP contribution is -2.05. The molecular weight excluding hydrogens is 226 g/mol. The third-order valence-electron chi connectivity index (χ3n) is 2.48. The zero-order valence-corrected chi connectivity index (χ0v) is 10.7. The lowest BCUT2D eigenvalue weighted by molar-refractivity contribution is 0.291. The molecule has 2 rings (SSSR count). The van der Waals surface area contributed by atoms with E-state index < -0.39 is 0 Å². The van der Waals surface area contributed by atoms with Crippen LogP contribution in [-0.2, 0) is 6.61 Å². The average Bonchev–Trinajstić information content (AvgIpc) is 2.41. The number of hydrogen-bond acceptors (Lipinski definition) is 4. The summed E-state index contributed by atoms with van der Waals surface area (Å²) in [7, 11) is 0. The summed E-state index contributed by atoms with van der Waals surface area (Å²) in [5, 5.41) is 3.07. The van der Waals surface area contributed by atoms with E-state index in [1.54, 1.807) is 6.20 Å². The van der Waals surface area contributed by atoms with Gasteiger partial charge in [-0.3, -0.25) is 0 Å². The fourth-order valence-electron chi connectivity index (χ4n) is 1.54. The first-order valence-corrected chi connectivity index (χ1v) is 6.04. The molecule has 1 aromatic carbocycles. The fraction of sp³-hybridized carbons (Fsp3) is 0.286. The molecule has 4 heteroatoms. The minimum Gasteiger partial charge on any atom is -0.472 e. The van der Waals surface area contributed by atoms with E-state index in [9.17, 15) is 0 Å². The third kappa shape index (κ3) is 3.20. The molecular formula is C14H17N3O. The number of aryl methyl sites for hydroxylation is 1. The molecule has 1 heterocycles. The van der Waals surface area contributed by atoms with Gasteiger partial charge in [0.25, 0.3) is 0 Å². The normalized spacial score (nSPS) is 10.1. The van der Waals surface area contributed by atoms with E-state index in [0.29, 0.717) is 18.4 Å². The van der Waals surface area contributed by atoms with Gasteiger partial charge in [-0.1, -0.05) is 30.3 Å². The van der Waals surface area contributed by atoms with Gasteiger partial charge < -0.3 is 10.1 Å². The minimum absolute atomic E-state index is 0.518. The van der Waals surface area contributed by atoms with Crippen LogP contribution in [0.1, 0.15) is 18.1 Å². The lowest BCUT2D eigenvalue weighted by Gasteiger charge is -2.09. The Bertz CT molecular complexity index is 500. The molecule has 2 aromatic rings. The van der Waals surface area contributed by atoms with E-state index in [1.807, 2.05) is 44.2 Å². The highest BCUT2D eigenvalue weighted by Gasteiger charge is 2.04. The van der Waals surface area contributed by atoms with Crippen LogP contribution >= 0.6 is 0 Å². The first-order valence-electron chi connectivity index (χ1n) is 6.04. The van der Waals surface area contributed by atoms with Crippen LogP contribution in [0, 0.1) is 6.92 Å². The zero-order chi connectivity index (χ0) is 12.8. The number of aromatic nitrogens is 2. The summed E-state index contributed by atoms with van der Waals surface area (Å²) in [5.74, 6) is 1.23.